The molecule has 0 amide bonds. The van der Waals surface area contributed by atoms with Crippen LogP contribution in [0.25, 0.3) is 0 Å². The van der Waals surface area contributed by atoms with Gasteiger partial charge >= 0.3 is 0 Å². The van der Waals surface area contributed by atoms with Crippen LogP contribution in [0.1, 0.15) is 22.4 Å². The number of hydrogen-bond donors (Lipinski definition) is 0. The number of pyridine rings is 1. The summed E-state index contributed by atoms with van der Waals surface area (Å²) >= 11 is 0. The summed E-state index contributed by atoms with van der Waals surface area (Å²) in [6, 6.07) is 0. The Bertz CT molecular complexity index is 266. The molecular weight excluding hydrogens is 141 g/mol. The zero-order valence-electron chi connectivity index (χ0n) is 7.33. The van der Waals surface area contributed by atoms with Crippen molar-refractivity contribution in [3.8, 4) is 0 Å². The summed E-state index contributed by atoms with van der Waals surface area (Å²) in [6.45, 7) is 7.46. The number of aromatic nitrogens is 1. The Kier molecular flexibility index (Phi) is 1.94. The third kappa shape index (κ3) is 1.25. The van der Waals surface area contributed by atoms with Crippen LogP contribution in [0.5, 0.6) is 0 Å². The standard InChI is InChI=1S/C9H12FN/c1-5-6(2)8(4)11-9(10)7(5)3/h1-4H3. The van der Waals surface area contributed by atoms with Gasteiger partial charge in [-0.3, -0.25) is 0 Å². The van der Waals surface area contributed by atoms with E-state index in [1.807, 2.05) is 20.8 Å². The van der Waals surface area contributed by atoms with Crippen LogP contribution in [-0.4, -0.2) is 4.98 Å². The Balaban J connectivity index is 3.46. The van der Waals surface area contributed by atoms with Crippen LogP contribution in [0.4, 0.5) is 4.39 Å². The van der Waals surface area contributed by atoms with Crippen molar-refractivity contribution in [2.24, 2.45) is 0 Å². The minimum absolute atomic E-state index is 0.342. The van der Waals surface area contributed by atoms with Crippen LogP contribution in [0.15, 0.2) is 0 Å². The first-order valence-electron chi connectivity index (χ1n) is 3.64. The molecule has 2 heteroatoms. The van der Waals surface area contributed by atoms with Gasteiger partial charge in [0.05, 0.1) is 0 Å². The SMILES string of the molecule is Cc1nc(F)c(C)c(C)c1C. The topological polar surface area (TPSA) is 12.9 Å². The van der Waals surface area contributed by atoms with Crippen molar-refractivity contribution in [1.29, 1.82) is 0 Å². The van der Waals surface area contributed by atoms with E-state index in [1.54, 1.807) is 6.92 Å². The summed E-state index contributed by atoms with van der Waals surface area (Å²) in [5.41, 5.74) is 3.54. The molecule has 11 heavy (non-hydrogen) atoms. The second kappa shape index (κ2) is 2.61. The monoisotopic (exact) mass is 153 g/mol. The average Bonchev–Trinajstić information content (AvgIpc) is 1.97. The highest BCUT2D eigenvalue weighted by Crippen LogP contribution is 2.16. The second-order valence-corrected chi connectivity index (χ2v) is 2.86. The zero-order valence-corrected chi connectivity index (χ0v) is 7.33. The summed E-state index contributed by atoms with van der Waals surface area (Å²) < 4.78 is 12.9. The highest BCUT2D eigenvalue weighted by molar-refractivity contribution is 5.33. The molecule has 0 saturated heterocycles. The molecule has 0 atom stereocenters. The predicted molar refractivity (Wildman–Crippen MR) is 43.1 cm³/mol. The molecule has 1 aromatic rings. The molecule has 0 aromatic carbocycles. The lowest BCUT2D eigenvalue weighted by Gasteiger charge is -2.07. The second-order valence-electron chi connectivity index (χ2n) is 2.86. The van der Waals surface area contributed by atoms with E-state index >= 15 is 0 Å². The summed E-state index contributed by atoms with van der Waals surface area (Å²) in [5.74, 6) is -0.342. The van der Waals surface area contributed by atoms with E-state index in [4.69, 9.17) is 0 Å². The van der Waals surface area contributed by atoms with Gasteiger partial charge in [0, 0.05) is 11.3 Å². The molecule has 0 bridgehead atoms. The molecular formula is C9H12FN. The molecule has 1 aromatic heterocycles. The molecule has 0 unspecified atom stereocenters. The van der Waals surface area contributed by atoms with Crippen LogP contribution in [-0.2, 0) is 0 Å². The highest BCUT2D eigenvalue weighted by Gasteiger charge is 2.06. The van der Waals surface area contributed by atoms with Crippen molar-refractivity contribution in [1.82, 2.24) is 4.98 Å². The van der Waals surface area contributed by atoms with E-state index < -0.39 is 0 Å². The summed E-state index contributed by atoms with van der Waals surface area (Å²) in [5, 5.41) is 0. The normalized spacial score (nSPS) is 10.3. The summed E-state index contributed by atoms with van der Waals surface area (Å²) in [6.07, 6.45) is 0. The van der Waals surface area contributed by atoms with Crippen molar-refractivity contribution < 1.29 is 4.39 Å². The lowest BCUT2D eigenvalue weighted by Crippen LogP contribution is -1.99. The quantitative estimate of drug-likeness (QED) is 0.522. The molecule has 0 saturated carbocycles. The molecule has 0 radical (unpaired) electrons. The van der Waals surface area contributed by atoms with Crippen LogP contribution < -0.4 is 0 Å². The van der Waals surface area contributed by atoms with E-state index in [0.717, 1.165) is 16.8 Å². The van der Waals surface area contributed by atoms with Gasteiger partial charge in [0.2, 0.25) is 5.95 Å². The molecule has 1 heterocycles. The first-order valence-corrected chi connectivity index (χ1v) is 3.64. The maximum absolute atomic E-state index is 12.9. The van der Waals surface area contributed by atoms with Crippen molar-refractivity contribution >= 4 is 0 Å². The van der Waals surface area contributed by atoms with Gasteiger partial charge in [0.15, 0.2) is 0 Å². The fourth-order valence-corrected chi connectivity index (χ4v) is 1.02. The van der Waals surface area contributed by atoms with E-state index in [-0.39, 0.29) is 5.95 Å². The lowest BCUT2D eigenvalue weighted by atomic mass is 10.1. The third-order valence-corrected chi connectivity index (χ3v) is 2.24. The Morgan fingerprint density at radius 2 is 1.45 bits per heavy atom. The Hall–Kier alpha value is -0.920. The van der Waals surface area contributed by atoms with Crippen LogP contribution in [0, 0.1) is 33.6 Å². The zero-order chi connectivity index (χ0) is 8.59. The average molecular weight is 153 g/mol. The lowest BCUT2D eigenvalue weighted by molar-refractivity contribution is 0.567. The van der Waals surface area contributed by atoms with Crippen molar-refractivity contribution in [2.75, 3.05) is 0 Å². The van der Waals surface area contributed by atoms with Crippen molar-refractivity contribution in [3.05, 3.63) is 28.3 Å². The fourth-order valence-electron chi connectivity index (χ4n) is 1.02. The summed E-state index contributed by atoms with van der Waals surface area (Å²) in [7, 11) is 0. The molecule has 0 aliphatic carbocycles. The van der Waals surface area contributed by atoms with E-state index in [0.29, 0.717) is 5.56 Å². The Labute approximate surface area is 66.3 Å². The van der Waals surface area contributed by atoms with Crippen LogP contribution in [0.2, 0.25) is 0 Å². The molecule has 1 rings (SSSR count). The molecule has 60 valence electrons. The van der Waals surface area contributed by atoms with E-state index in [9.17, 15) is 4.39 Å². The number of nitrogens with zero attached hydrogens (tertiary/aromatic N) is 1. The van der Waals surface area contributed by atoms with Crippen molar-refractivity contribution in [3.63, 3.8) is 0 Å². The molecule has 0 N–H and O–H groups in total. The molecule has 0 fully saturated rings. The molecule has 0 aliphatic rings. The molecule has 0 aliphatic heterocycles. The number of aryl methyl sites for hydroxylation is 1. The van der Waals surface area contributed by atoms with Crippen molar-refractivity contribution in [2.45, 2.75) is 27.7 Å². The number of rotatable bonds is 0. The van der Waals surface area contributed by atoms with Gasteiger partial charge in [-0.1, -0.05) is 0 Å². The van der Waals surface area contributed by atoms with Gasteiger partial charge in [0.1, 0.15) is 0 Å². The first-order chi connectivity index (χ1) is 5.04. The number of hydrogen-bond acceptors (Lipinski definition) is 1. The van der Waals surface area contributed by atoms with Gasteiger partial charge in [-0.15, -0.1) is 0 Å². The summed E-state index contributed by atoms with van der Waals surface area (Å²) in [4.78, 5) is 3.77. The van der Waals surface area contributed by atoms with E-state index in [2.05, 4.69) is 4.98 Å². The molecule has 1 nitrogen and oxygen atoms in total. The maximum atomic E-state index is 12.9. The fraction of sp³-hybridized carbons (Fsp3) is 0.444. The van der Waals surface area contributed by atoms with Gasteiger partial charge < -0.3 is 0 Å². The van der Waals surface area contributed by atoms with Gasteiger partial charge in [-0.25, -0.2) is 4.98 Å². The minimum Gasteiger partial charge on any atom is -0.225 e. The Morgan fingerprint density at radius 1 is 0.909 bits per heavy atom. The third-order valence-electron chi connectivity index (χ3n) is 2.24. The van der Waals surface area contributed by atoms with E-state index in [1.165, 1.54) is 0 Å². The molecule has 0 spiro atoms. The highest BCUT2D eigenvalue weighted by atomic mass is 19.1. The van der Waals surface area contributed by atoms with Crippen LogP contribution >= 0.6 is 0 Å². The largest absolute Gasteiger partial charge is 0.225 e. The number of halogens is 1. The maximum Gasteiger partial charge on any atom is 0.216 e. The van der Waals surface area contributed by atoms with Gasteiger partial charge in [-0.05, 0) is 38.8 Å². The van der Waals surface area contributed by atoms with Crippen LogP contribution in [0.3, 0.4) is 0 Å². The predicted octanol–water partition coefficient (Wildman–Crippen LogP) is 2.45. The van der Waals surface area contributed by atoms with Gasteiger partial charge in [-0.2, -0.15) is 4.39 Å². The smallest absolute Gasteiger partial charge is 0.216 e. The van der Waals surface area contributed by atoms with Gasteiger partial charge in [0.25, 0.3) is 0 Å². The minimum atomic E-state index is -0.342. The Morgan fingerprint density at radius 3 is 2.00 bits per heavy atom. The first kappa shape index (κ1) is 8.18.